The number of nitrogens with zero attached hydrogens (tertiary/aromatic N) is 1. The molecule has 0 radical (unpaired) electrons. The van der Waals surface area contributed by atoms with Crippen LogP contribution in [0.25, 0.3) is 0 Å². The maximum Gasteiger partial charge on any atom is 0.241 e. The number of hydrogen-bond donors (Lipinski definition) is 0. The molecule has 0 bridgehead atoms. The Hall–Kier alpha value is -0.916. The van der Waals surface area contributed by atoms with Gasteiger partial charge in [-0.15, -0.1) is 0 Å². The largest absolute Gasteiger partial charge is 0.547 e. The molecule has 0 spiro atoms. The highest BCUT2D eigenvalue weighted by Crippen LogP contribution is 2.55. The molecule has 5 heteroatoms. The van der Waals surface area contributed by atoms with Crippen molar-refractivity contribution in [2.45, 2.75) is 96.1 Å². The van der Waals surface area contributed by atoms with Gasteiger partial charge < -0.3 is 8.85 Å². The monoisotopic (exact) mass is 431 g/mol. The average molecular weight is 432 g/mol. The Morgan fingerprint density at radius 2 is 1.90 bits per heavy atom. The summed E-state index contributed by atoms with van der Waals surface area (Å²) in [5.74, 6) is 1.85. The molecule has 0 fully saturated rings. The SMILES string of the molecule is CC(C)(C)[Si](C)(C)OCCC[C@]12C(O[Si](C)(C)C)=CCC[C@H]1Cc1ncccc12. The summed E-state index contributed by atoms with van der Waals surface area (Å²) in [7, 11) is -3.39. The first kappa shape index (κ1) is 22.8. The third-order valence-electron chi connectivity index (χ3n) is 7.19. The van der Waals surface area contributed by atoms with Crippen LogP contribution < -0.4 is 0 Å². The predicted molar refractivity (Wildman–Crippen MR) is 127 cm³/mol. The predicted octanol–water partition coefficient (Wildman–Crippen LogP) is 6.82. The summed E-state index contributed by atoms with van der Waals surface area (Å²) in [5.41, 5.74) is 2.70. The molecule has 2 aliphatic rings. The van der Waals surface area contributed by atoms with E-state index in [0.29, 0.717) is 5.92 Å². The minimum absolute atomic E-state index is 0.00108. The van der Waals surface area contributed by atoms with Gasteiger partial charge >= 0.3 is 0 Å². The van der Waals surface area contributed by atoms with Crippen LogP contribution in [0, 0.1) is 5.92 Å². The Balaban J connectivity index is 1.85. The number of hydrogen-bond acceptors (Lipinski definition) is 3. The normalized spacial score (nSPS) is 24.7. The second kappa shape index (κ2) is 7.97. The van der Waals surface area contributed by atoms with E-state index in [-0.39, 0.29) is 10.5 Å². The van der Waals surface area contributed by atoms with Crippen molar-refractivity contribution in [1.29, 1.82) is 0 Å². The molecule has 0 saturated heterocycles. The van der Waals surface area contributed by atoms with Crippen molar-refractivity contribution < 1.29 is 8.85 Å². The minimum atomic E-state index is -1.71. The van der Waals surface area contributed by atoms with Crippen molar-refractivity contribution in [3.05, 3.63) is 41.4 Å². The van der Waals surface area contributed by atoms with E-state index in [1.807, 2.05) is 6.20 Å². The topological polar surface area (TPSA) is 31.4 Å². The van der Waals surface area contributed by atoms with Crippen LogP contribution in [0.2, 0.25) is 37.8 Å². The van der Waals surface area contributed by atoms with E-state index in [0.717, 1.165) is 32.3 Å². The van der Waals surface area contributed by atoms with Crippen LogP contribution in [0.5, 0.6) is 0 Å². The lowest BCUT2D eigenvalue weighted by Crippen LogP contribution is -2.43. The van der Waals surface area contributed by atoms with Gasteiger partial charge in [0.1, 0.15) is 0 Å². The molecule has 1 aromatic heterocycles. The summed E-state index contributed by atoms with van der Waals surface area (Å²) in [5, 5.41) is 0.258. The van der Waals surface area contributed by atoms with Crippen LogP contribution in [-0.4, -0.2) is 28.2 Å². The van der Waals surface area contributed by atoms with E-state index >= 15 is 0 Å². The fourth-order valence-corrected chi connectivity index (χ4v) is 6.75. The molecule has 1 heterocycles. The van der Waals surface area contributed by atoms with Crippen LogP contribution in [0.4, 0.5) is 0 Å². The molecule has 1 aromatic rings. The maximum atomic E-state index is 6.75. The van der Waals surface area contributed by atoms with E-state index in [4.69, 9.17) is 13.8 Å². The molecule has 0 amide bonds. The number of rotatable bonds is 7. The van der Waals surface area contributed by atoms with E-state index in [1.165, 1.54) is 23.4 Å². The molecule has 3 nitrogen and oxygen atoms in total. The second-order valence-electron chi connectivity index (χ2n) is 11.4. The van der Waals surface area contributed by atoms with E-state index in [9.17, 15) is 0 Å². The van der Waals surface area contributed by atoms with Gasteiger partial charge in [0, 0.05) is 18.5 Å². The lowest BCUT2D eigenvalue weighted by Gasteiger charge is -2.44. The van der Waals surface area contributed by atoms with Gasteiger partial charge in [0.25, 0.3) is 0 Å². The van der Waals surface area contributed by atoms with E-state index < -0.39 is 16.6 Å². The van der Waals surface area contributed by atoms with Gasteiger partial charge in [-0.2, -0.15) is 0 Å². The van der Waals surface area contributed by atoms with Crippen LogP contribution >= 0.6 is 0 Å². The van der Waals surface area contributed by atoms with Gasteiger partial charge in [-0.05, 0) is 93.5 Å². The molecule has 3 rings (SSSR count). The molecule has 2 atom stereocenters. The smallest absolute Gasteiger partial charge is 0.241 e. The van der Waals surface area contributed by atoms with Crippen LogP contribution in [-0.2, 0) is 20.7 Å². The first-order chi connectivity index (χ1) is 13.4. The molecule has 162 valence electrons. The molecule has 0 saturated carbocycles. The standard InChI is InChI=1S/C24H41NO2Si2/c1-23(2,3)29(7,8)26-17-11-15-24-19(18-21-20(24)13-10-16-25-21)12-9-14-22(24)27-28(4,5)6/h10,13-14,16,19H,9,11-12,15,17-18H2,1-8H3/t19-,24-/m0/s1. The number of fused-ring (bicyclic) bond motifs is 3. The fourth-order valence-electron chi connectivity index (χ4n) is 4.73. The minimum Gasteiger partial charge on any atom is -0.547 e. The summed E-state index contributed by atoms with van der Waals surface area (Å²) in [6, 6.07) is 4.42. The van der Waals surface area contributed by atoms with Crippen molar-refractivity contribution >= 4 is 16.6 Å². The summed E-state index contributed by atoms with van der Waals surface area (Å²) >= 11 is 0. The molecule has 2 aliphatic carbocycles. The Bertz CT molecular complexity index is 761. The molecule has 0 aromatic carbocycles. The average Bonchev–Trinajstić information content (AvgIpc) is 2.92. The highest BCUT2D eigenvalue weighted by molar-refractivity contribution is 6.74. The van der Waals surface area contributed by atoms with E-state index in [2.05, 4.69) is 71.7 Å². The first-order valence-corrected chi connectivity index (χ1v) is 17.7. The number of aromatic nitrogens is 1. The number of pyridine rings is 1. The van der Waals surface area contributed by atoms with Gasteiger partial charge in [-0.3, -0.25) is 4.98 Å². The second-order valence-corrected chi connectivity index (χ2v) is 20.7. The molecule has 29 heavy (non-hydrogen) atoms. The Morgan fingerprint density at radius 3 is 2.55 bits per heavy atom. The molecule has 0 aliphatic heterocycles. The Morgan fingerprint density at radius 1 is 1.17 bits per heavy atom. The third-order valence-corrected chi connectivity index (χ3v) is 12.6. The van der Waals surface area contributed by atoms with E-state index in [1.54, 1.807) is 0 Å². The quantitative estimate of drug-likeness (QED) is 0.350. The Kier molecular flexibility index (Phi) is 6.26. The molecular weight excluding hydrogens is 390 g/mol. The summed E-state index contributed by atoms with van der Waals surface area (Å²) in [6.45, 7) is 19.4. The number of allylic oxidation sites excluding steroid dienone is 2. The Labute approximate surface area is 180 Å². The highest BCUT2D eigenvalue weighted by Gasteiger charge is 2.52. The zero-order chi connectivity index (χ0) is 21.5. The van der Waals surface area contributed by atoms with Gasteiger partial charge in [-0.1, -0.05) is 26.8 Å². The molecule has 0 unspecified atom stereocenters. The summed E-state index contributed by atoms with van der Waals surface area (Å²) < 4.78 is 13.3. The van der Waals surface area contributed by atoms with Crippen molar-refractivity contribution in [1.82, 2.24) is 4.98 Å². The zero-order valence-corrected chi connectivity index (χ0v) is 21.9. The third kappa shape index (κ3) is 4.57. The maximum absolute atomic E-state index is 6.75. The molecular formula is C24H41NO2Si2. The van der Waals surface area contributed by atoms with Gasteiger partial charge in [0.15, 0.2) is 8.32 Å². The fraction of sp³-hybridized carbons (Fsp3) is 0.708. The van der Waals surface area contributed by atoms with Gasteiger partial charge in [0.05, 0.1) is 11.2 Å². The zero-order valence-electron chi connectivity index (χ0n) is 19.9. The lowest BCUT2D eigenvalue weighted by atomic mass is 9.66. The van der Waals surface area contributed by atoms with Crippen molar-refractivity contribution in [2.75, 3.05) is 6.61 Å². The highest BCUT2D eigenvalue weighted by atomic mass is 28.4. The van der Waals surface area contributed by atoms with Crippen molar-refractivity contribution in [2.24, 2.45) is 5.92 Å². The van der Waals surface area contributed by atoms with Gasteiger partial charge in [-0.25, -0.2) is 0 Å². The first-order valence-electron chi connectivity index (χ1n) is 11.3. The van der Waals surface area contributed by atoms with Crippen LogP contribution in [0.15, 0.2) is 30.2 Å². The lowest BCUT2D eigenvalue weighted by molar-refractivity contribution is 0.182. The summed E-state index contributed by atoms with van der Waals surface area (Å²) in [4.78, 5) is 4.76. The van der Waals surface area contributed by atoms with Crippen molar-refractivity contribution in [3.8, 4) is 0 Å². The molecule has 0 N–H and O–H groups in total. The summed E-state index contributed by atoms with van der Waals surface area (Å²) in [6.07, 6.45) is 9.97. The van der Waals surface area contributed by atoms with Gasteiger partial charge in [0.2, 0.25) is 8.32 Å². The van der Waals surface area contributed by atoms with Crippen molar-refractivity contribution in [3.63, 3.8) is 0 Å². The van der Waals surface area contributed by atoms with Crippen LogP contribution in [0.3, 0.4) is 0 Å². The van der Waals surface area contributed by atoms with Crippen LogP contribution in [0.1, 0.15) is 57.7 Å².